The fraction of sp³-hybridized carbons (Fsp3) is 0.125. The van der Waals surface area contributed by atoms with E-state index >= 15 is 0 Å². The van der Waals surface area contributed by atoms with Gasteiger partial charge in [-0.15, -0.1) is 0 Å². The predicted molar refractivity (Wildman–Crippen MR) is 91.6 cm³/mol. The highest BCUT2D eigenvalue weighted by molar-refractivity contribution is 7.99. The monoisotopic (exact) mass is 349 g/mol. The van der Waals surface area contributed by atoms with Crippen molar-refractivity contribution in [1.29, 1.82) is 0 Å². The molecule has 4 nitrogen and oxygen atoms in total. The molecule has 2 N–H and O–H groups in total. The molecule has 2 aromatic carbocycles. The quantitative estimate of drug-likeness (QED) is 0.686. The molecule has 3 aromatic rings. The number of imidazole rings is 1. The molecule has 0 atom stereocenters. The number of halogens is 2. The summed E-state index contributed by atoms with van der Waals surface area (Å²) in [6, 6.07) is 9.77. The van der Waals surface area contributed by atoms with Gasteiger partial charge >= 0.3 is 0 Å². The molecule has 0 saturated heterocycles. The first-order valence-electron chi connectivity index (χ1n) is 6.85. The van der Waals surface area contributed by atoms with Crippen molar-refractivity contribution in [2.45, 2.75) is 12.1 Å². The summed E-state index contributed by atoms with van der Waals surface area (Å²) in [6.07, 6.45) is 0. The van der Waals surface area contributed by atoms with Crippen LogP contribution in [-0.2, 0) is 4.79 Å². The van der Waals surface area contributed by atoms with Gasteiger partial charge in [0.05, 0.1) is 27.5 Å². The van der Waals surface area contributed by atoms with Gasteiger partial charge in [-0.05, 0) is 42.8 Å². The number of aromatic nitrogens is 2. The number of carbonyl (C=O) groups is 1. The number of anilines is 1. The SMILES string of the molecule is Cc1ccc2nc(SCC(=O)Nc3ccc(F)cc3Cl)[nH]c2c1. The summed E-state index contributed by atoms with van der Waals surface area (Å²) in [5, 5.41) is 3.49. The Labute approximate surface area is 141 Å². The maximum Gasteiger partial charge on any atom is 0.234 e. The van der Waals surface area contributed by atoms with Crippen LogP contribution in [0.15, 0.2) is 41.6 Å². The Morgan fingerprint density at radius 2 is 2.17 bits per heavy atom. The molecule has 0 aliphatic heterocycles. The first kappa shape index (κ1) is 15.8. The molecule has 0 aliphatic rings. The normalized spacial score (nSPS) is 10.9. The number of aromatic amines is 1. The first-order valence-corrected chi connectivity index (χ1v) is 8.22. The minimum absolute atomic E-state index is 0.169. The van der Waals surface area contributed by atoms with Crippen LogP contribution in [0.5, 0.6) is 0 Å². The summed E-state index contributed by atoms with van der Waals surface area (Å²) in [5.74, 6) is -0.507. The summed E-state index contributed by atoms with van der Waals surface area (Å²) < 4.78 is 13.0. The smallest absolute Gasteiger partial charge is 0.234 e. The Morgan fingerprint density at radius 3 is 2.96 bits per heavy atom. The standard InChI is InChI=1S/C16H13ClFN3OS/c1-9-2-4-13-14(6-9)21-16(20-13)23-8-15(22)19-12-5-3-10(18)7-11(12)17/h2-7H,8H2,1H3,(H,19,22)(H,20,21). The number of fused-ring (bicyclic) bond motifs is 1. The number of thioether (sulfide) groups is 1. The predicted octanol–water partition coefficient (Wildman–Crippen LogP) is 4.39. The van der Waals surface area contributed by atoms with Crippen LogP contribution in [0.2, 0.25) is 5.02 Å². The molecule has 1 aromatic heterocycles. The summed E-state index contributed by atoms with van der Waals surface area (Å²) >= 11 is 7.17. The van der Waals surface area contributed by atoms with Crippen LogP contribution in [0.4, 0.5) is 10.1 Å². The second kappa shape index (κ2) is 6.60. The van der Waals surface area contributed by atoms with E-state index in [-0.39, 0.29) is 16.7 Å². The van der Waals surface area contributed by atoms with E-state index in [0.717, 1.165) is 22.7 Å². The van der Waals surface area contributed by atoms with Crippen molar-refractivity contribution in [3.05, 3.63) is 52.8 Å². The number of hydrogen-bond donors (Lipinski definition) is 2. The Kier molecular flexibility index (Phi) is 4.54. The van der Waals surface area contributed by atoms with Gasteiger partial charge < -0.3 is 10.3 Å². The Morgan fingerprint density at radius 1 is 1.35 bits per heavy atom. The van der Waals surface area contributed by atoms with Gasteiger partial charge in [-0.2, -0.15) is 0 Å². The summed E-state index contributed by atoms with van der Waals surface area (Å²) in [7, 11) is 0. The number of benzene rings is 2. The third-order valence-corrected chi connectivity index (χ3v) is 4.35. The molecule has 118 valence electrons. The molecule has 0 aliphatic carbocycles. The van der Waals surface area contributed by atoms with Crippen LogP contribution in [0, 0.1) is 12.7 Å². The first-order chi connectivity index (χ1) is 11.0. The molecule has 7 heteroatoms. The molecular weight excluding hydrogens is 337 g/mol. The van der Waals surface area contributed by atoms with Crippen molar-refractivity contribution in [3.8, 4) is 0 Å². The fourth-order valence-electron chi connectivity index (χ4n) is 2.08. The average Bonchev–Trinajstić information content (AvgIpc) is 2.90. The van der Waals surface area contributed by atoms with E-state index < -0.39 is 5.82 Å². The Bertz CT molecular complexity index is 881. The van der Waals surface area contributed by atoms with Crippen LogP contribution in [0.1, 0.15) is 5.56 Å². The largest absolute Gasteiger partial charge is 0.333 e. The lowest BCUT2D eigenvalue weighted by Gasteiger charge is -2.06. The van der Waals surface area contributed by atoms with Crippen LogP contribution in [0.3, 0.4) is 0 Å². The van der Waals surface area contributed by atoms with E-state index in [1.165, 1.54) is 23.9 Å². The highest BCUT2D eigenvalue weighted by Gasteiger charge is 2.09. The van der Waals surface area contributed by atoms with Crippen molar-refractivity contribution < 1.29 is 9.18 Å². The molecule has 0 radical (unpaired) electrons. The van der Waals surface area contributed by atoms with Gasteiger partial charge in [-0.3, -0.25) is 4.79 Å². The number of nitrogens with one attached hydrogen (secondary N) is 2. The third-order valence-electron chi connectivity index (χ3n) is 3.16. The molecule has 1 heterocycles. The highest BCUT2D eigenvalue weighted by atomic mass is 35.5. The lowest BCUT2D eigenvalue weighted by molar-refractivity contribution is -0.113. The number of amides is 1. The summed E-state index contributed by atoms with van der Waals surface area (Å²) in [4.78, 5) is 19.6. The van der Waals surface area contributed by atoms with Crippen molar-refractivity contribution in [2.24, 2.45) is 0 Å². The molecule has 1 amide bonds. The van der Waals surface area contributed by atoms with E-state index in [4.69, 9.17) is 11.6 Å². The summed E-state index contributed by atoms with van der Waals surface area (Å²) in [5.41, 5.74) is 3.33. The maximum atomic E-state index is 13.0. The lowest BCUT2D eigenvalue weighted by Crippen LogP contribution is -2.14. The van der Waals surface area contributed by atoms with E-state index in [1.807, 2.05) is 25.1 Å². The fourth-order valence-corrected chi connectivity index (χ4v) is 2.98. The second-order valence-corrected chi connectivity index (χ2v) is 6.39. The Balaban J connectivity index is 1.63. The van der Waals surface area contributed by atoms with Gasteiger partial charge in [-0.25, -0.2) is 9.37 Å². The molecule has 0 saturated carbocycles. The molecular formula is C16H13ClFN3OS. The molecule has 0 spiro atoms. The zero-order valence-electron chi connectivity index (χ0n) is 12.2. The number of hydrogen-bond acceptors (Lipinski definition) is 3. The zero-order valence-corrected chi connectivity index (χ0v) is 13.8. The van der Waals surface area contributed by atoms with E-state index in [0.29, 0.717) is 10.8 Å². The number of H-pyrrole nitrogens is 1. The van der Waals surface area contributed by atoms with Crippen molar-refractivity contribution >= 4 is 46.0 Å². The van der Waals surface area contributed by atoms with Crippen LogP contribution in [0.25, 0.3) is 11.0 Å². The molecule has 23 heavy (non-hydrogen) atoms. The molecule has 0 fully saturated rings. The number of rotatable bonds is 4. The second-order valence-electron chi connectivity index (χ2n) is 5.02. The van der Waals surface area contributed by atoms with Crippen LogP contribution in [-0.4, -0.2) is 21.6 Å². The highest BCUT2D eigenvalue weighted by Crippen LogP contribution is 2.24. The van der Waals surface area contributed by atoms with Gasteiger partial charge in [-0.1, -0.05) is 29.4 Å². The van der Waals surface area contributed by atoms with Gasteiger partial charge in [0.25, 0.3) is 0 Å². The van der Waals surface area contributed by atoms with E-state index in [2.05, 4.69) is 15.3 Å². The van der Waals surface area contributed by atoms with Crippen molar-refractivity contribution in [2.75, 3.05) is 11.1 Å². The van der Waals surface area contributed by atoms with E-state index in [9.17, 15) is 9.18 Å². The maximum absolute atomic E-state index is 13.0. The van der Waals surface area contributed by atoms with Gasteiger partial charge in [0.15, 0.2) is 5.16 Å². The van der Waals surface area contributed by atoms with Crippen molar-refractivity contribution in [3.63, 3.8) is 0 Å². The number of nitrogens with zero attached hydrogens (tertiary/aromatic N) is 1. The Hall–Kier alpha value is -2.05. The topological polar surface area (TPSA) is 57.8 Å². The van der Waals surface area contributed by atoms with Crippen LogP contribution < -0.4 is 5.32 Å². The molecule has 0 bridgehead atoms. The van der Waals surface area contributed by atoms with E-state index in [1.54, 1.807) is 0 Å². The average molecular weight is 350 g/mol. The van der Waals surface area contributed by atoms with Crippen molar-refractivity contribution in [1.82, 2.24) is 9.97 Å². The van der Waals surface area contributed by atoms with Gasteiger partial charge in [0, 0.05) is 0 Å². The molecule has 3 rings (SSSR count). The minimum atomic E-state index is -0.444. The number of carbonyl (C=O) groups excluding carboxylic acids is 1. The van der Waals surface area contributed by atoms with Gasteiger partial charge in [0.1, 0.15) is 5.82 Å². The zero-order chi connectivity index (χ0) is 16.4. The van der Waals surface area contributed by atoms with Crippen LogP contribution >= 0.6 is 23.4 Å². The summed E-state index contributed by atoms with van der Waals surface area (Å²) in [6.45, 7) is 2.01. The van der Waals surface area contributed by atoms with Gasteiger partial charge in [0.2, 0.25) is 5.91 Å². The minimum Gasteiger partial charge on any atom is -0.333 e. The number of aryl methyl sites for hydroxylation is 1. The third kappa shape index (κ3) is 3.83. The lowest BCUT2D eigenvalue weighted by atomic mass is 10.2. The molecule has 0 unspecified atom stereocenters.